The first-order chi connectivity index (χ1) is 7.75. The number of nitrogens with one attached hydrogen (secondary N) is 2. The molecule has 0 heterocycles. The first-order valence-electron chi connectivity index (χ1n) is 5.49. The van der Waals surface area contributed by atoms with E-state index in [2.05, 4.69) is 17.6 Å². The third-order valence-corrected chi connectivity index (χ3v) is 2.13. The molecule has 0 saturated heterocycles. The van der Waals surface area contributed by atoms with Crippen molar-refractivity contribution in [1.82, 2.24) is 10.6 Å². The van der Waals surface area contributed by atoms with Crippen LogP contribution in [0.1, 0.15) is 23.7 Å². The quantitative estimate of drug-likeness (QED) is 0.720. The van der Waals surface area contributed by atoms with Gasteiger partial charge in [0.1, 0.15) is 5.82 Å². The Morgan fingerprint density at radius 2 is 2.00 bits per heavy atom. The van der Waals surface area contributed by atoms with E-state index in [4.69, 9.17) is 0 Å². The van der Waals surface area contributed by atoms with Crippen molar-refractivity contribution in [2.24, 2.45) is 0 Å². The highest BCUT2D eigenvalue weighted by Crippen LogP contribution is 2.05. The zero-order chi connectivity index (χ0) is 11.8. The van der Waals surface area contributed by atoms with Gasteiger partial charge in [0.15, 0.2) is 0 Å². The molecule has 0 fully saturated rings. The molecule has 2 N–H and O–H groups in total. The van der Waals surface area contributed by atoms with E-state index in [1.165, 1.54) is 12.1 Å². The fourth-order valence-corrected chi connectivity index (χ4v) is 1.31. The molecule has 0 aliphatic carbocycles. The average molecular weight is 224 g/mol. The summed E-state index contributed by atoms with van der Waals surface area (Å²) in [5.41, 5.74) is 0.0954. The van der Waals surface area contributed by atoms with Gasteiger partial charge in [-0.15, -0.1) is 0 Å². The highest BCUT2D eigenvalue weighted by molar-refractivity contribution is 5.94. The van der Waals surface area contributed by atoms with Gasteiger partial charge in [0, 0.05) is 13.1 Å². The van der Waals surface area contributed by atoms with Gasteiger partial charge in [-0.05, 0) is 25.1 Å². The zero-order valence-corrected chi connectivity index (χ0v) is 9.42. The number of carbonyl (C=O) groups excluding carboxylic acids is 1. The number of benzene rings is 1. The topological polar surface area (TPSA) is 41.1 Å². The van der Waals surface area contributed by atoms with Crippen LogP contribution in [-0.2, 0) is 0 Å². The Hall–Kier alpha value is -1.42. The molecule has 0 atom stereocenters. The smallest absolute Gasteiger partial charge is 0.254 e. The highest BCUT2D eigenvalue weighted by Gasteiger charge is 2.08. The largest absolute Gasteiger partial charge is 0.351 e. The number of halogens is 1. The van der Waals surface area contributed by atoms with Gasteiger partial charge < -0.3 is 10.6 Å². The van der Waals surface area contributed by atoms with Crippen molar-refractivity contribution >= 4 is 5.91 Å². The summed E-state index contributed by atoms with van der Waals surface area (Å²) in [6, 6.07) is 5.97. The lowest BCUT2D eigenvalue weighted by atomic mass is 10.2. The van der Waals surface area contributed by atoms with Gasteiger partial charge >= 0.3 is 0 Å². The summed E-state index contributed by atoms with van der Waals surface area (Å²) in [4.78, 5) is 11.5. The predicted molar refractivity (Wildman–Crippen MR) is 61.9 cm³/mol. The SMILES string of the molecule is CCCNCCNC(=O)c1ccccc1F. The number of amides is 1. The standard InChI is InChI=1S/C12H17FN2O/c1-2-7-14-8-9-15-12(16)10-5-3-4-6-11(10)13/h3-6,14H,2,7-9H2,1H3,(H,15,16). The zero-order valence-electron chi connectivity index (χ0n) is 9.42. The molecule has 0 aliphatic rings. The van der Waals surface area contributed by atoms with Crippen molar-refractivity contribution < 1.29 is 9.18 Å². The van der Waals surface area contributed by atoms with E-state index in [1.54, 1.807) is 12.1 Å². The Morgan fingerprint density at radius 3 is 2.69 bits per heavy atom. The molecule has 0 unspecified atom stereocenters. The lowest BCUT2D eigenvalue weighted by Crippen LogP contribution is -2.32. The van der Waals surface area contributed by atoms with Crippen LogP contribution in [0, 0.1) is 5.82 Å². The second kappa shape index (κ2) is 6.95. The van der Waals surface area contributed by atoms with Gasteiger partial charge in [-0.2, -0.15) is 0 Å². The van der Waals surface area contributed by atoms with Crippen LogP contribution in [0.5, 0.6) is 0 Å². The third-order valence-electron chi connectivity index (χ3n) is 2.13. The van der Waals surface area contributed by atoms with Crippen LogP contribution >= 0.6 is 0 Å². The molecule has 88 valence electrons. The second-order valence-corrected chi connectivity index (χ2v) is 3.49. The van der Waals surface area contributed by atoms with Gasteiger partial charge in [0.25, 0.3) is 5.91 Å². The van der Waals surface area contributed by atoms with Crippen molar-refractivity contribution in [3.05, 3.63) is 35.6 Å². The van der Waals surface area contributed by atoms with Crippen LogP contribution in [-0.4, -0.2) is 25.5 Å². The van der Waals surface area contributed by atoms with E-state index >= 15 is 0 Å². The summed E-state index contributed by atoms with van der Waals surface area (Å²) in [6.07, 6.45) is 1.06. The van der Waals surface area contributed by atoms with Crippen molar-refractivity contribution in [3.63, 3.8) is 0 Å². The molecule has 1 rings (SSSR count). The lowest BCUT2D eigenvalue weighted by Gasteiger charge is -2.06. The van der Waals surface area contributed by atoms with Gasteiger partial charge in [-0.1, -0.05) is 19.1 Å². The molecule has 0 saturated carbocycles. The maximum Gasteiger partial charge on any atom is 0.254 e. The van der Waals surface area contributed by atoms with Crippen molar-refractivity contribution in [3.8, 4) is 0 Å². The molecule has 0 radical (unpaired) electrons. The van der Waals surface area contributed by atoms with Gasteiger partial charge in [-0.25, -0.2) is 4.39 Å². The first kappa shape index (κ1) is 12.6. The van der Waals surface area contributed by atoms with Crippen molar-refractivity contribution in [2.75, 3.05) is 19.6 Å². The molecule has 3 nitrogen and oxygen atoms in total. The number of hydrogen-bond donors (Lipinski definition) is 2. The lowest BCUT2D eigenvalue weighted by molar-refractivity contribution is 0.0950. The summed E-state index contributed by atoms with van der Waals surface area (Å²) >= 11 is 0. The Kier molecular flexibility index (Phi) is 5.50. The van der Waals surface area contributed by atoms with Gasteiger partial charge in [0.2, 0.25) is 0 Å². The molecule has 0 aliphatic heterocycles. The van der Waals surface area contributed by atoms with Crippen LogP contribution in [0.2, 0.25) is 0 Å². The highest BCUT2D eigenvalue weighted by atomic mass is 19.1. The molecule has 0 aromatic heterocycles. The van der Waals surface area contributed by atoms with E-state index in [9.17, 15) is 9.18 Å². The molecule has 0 spiro atoms. The van der Waals surface area contributed by atoms with E-state index in [0.29, 0.717) is 13.1 Å². The van der Waals surface area contributed by atoms with Crippen LogP contribution < -0.4 is 10.6 Å². The Morgan fingerprint density at radius 1 is 1.25 bits per heavy atom. The fraction of sp³-hybridized carbons (Fsp3) is 0.417. The minimum Gasteiger partial charge on any atom is -0.351 e. The fourth-order valence-electron chi connectivity index (χ4n) is 1.31. The molecule has 1 amide bonds. The van der Waals surface area contributed by atoms with E-state index in [-0.39, 0.29) is 11.5 Å². The Balaban J connectivity index is 2.33. The molecular weight excluding hydrogens is 207 g/mol. The summed E-state index contributed by atoms with van der Waals surface area (Å²) in [7, 11) is 0. The molecule has 4 heteroatoms. The molecule has 16 heavy (non-hydrogen) atoms. The number of hydrogen-bond acceptors (Lipinski definition) is 2. The third kappa shape index (κ3) is 3.98. The van der Waals surface area contributed by atoms with Crippen LogP contribution in [0.25, 0.3) is 0 Å². The Labute approximate surface area is 95.0 Å². The molecular formula is C12H17FN2O. The molecule has 0 bridgehead atoms. The monoisotopic (exact) mass is 224 g/mol. The normalized spacial score (nSPS) is 10.1. The first-order valence-corrected chi connectivity index (χ1v) is 5.49. The summed E-state index contributed by atoms with van der Waals surface area (Å²) in [6.45, 7) is 4.21. The van der Waals surface area contributed by atoms with Gasteiger partial charge in [-0.3, -0.25) is 4.79 Å². The van der Waals surface area contributed by atoms with E-state index in [1.807, 2.05) is 0 Å². The summed E-state index contributed by atoms with van der Waals surface area (Å²) < 4.78 is 13.2. The van der Waals surface area contributed by atoms with Crippen molar-refractivity contribution in [1.29, 1.82) is 0 Å². The molecule has 1 aromatic carbocycles. The molecule has 1 aromatic rings. The van der Waals surface area contributed by atoms with Crippen LogP contribution in [0.3, 0.4) is 0 Å². The van der Waals surface area contributed by atoms with E-state index in [0.717, 1.165) is 13.0 Å². The average Bonchev–Trinajstić information content (AvgIpc) is 2.29. The summed E-state index contributed by atoms with van der Waals surface area (Å²) in [5, 5.41) is 5.81. The van der Waals surface area contributed by atoms with Crippen molar-refractivity contribution in [2.45, 2.75) is 13.3 Å². The summed E-state index contributed by atoms with van der Waals surface area (Å²) in [5.74, 6) is -0.849. The minimum atomic E-state index is -0.485. The number of carbonyl (C=O) groups is 1. The van der Waals surface area contributed by atoms with E-state index < -0.39 is 5.82 Å². The predicted octanol–water partition coefficient (Wildman–Crippen LogP) is 1.56. The second-order valence-electron chi connectivity index (χ2n) is 3.49. The van der Waals surface area contributed by atoms with Crippen LogP contribution in [0.15, 0.2) is 24.3 Å². The minimum absolute atomic E-state index is 0.0954. The maximum absolute atomic E-state index is 13.2. The number of rotatable bonds is 6. The van der Waals surface area contributed by atoms with Crippen LogP contribution in [0.4, 0.5) is 4.39 Å². The maximum atomic E-state index is 13.2. The van der Waals surface area contributed by atoms with Gasteiger partial charge in [0.05, 0.1) is 5.56 Å². The Bertz CT molecular complexity index is 342.